The first-order chi connectivity index (χ1) is 7.51. The lowest BCUT2D eigenvalue weighted by Gasteiger charge is -2.41. The number of hydrogen-bond acceptors (Lipinski definition) is 6. The molecular weight excluding hydrogens is 218 g/mol. The Morgan fingerprint density at radius 2 is 2.06 bits per heavy atom. The van der Waals surface area contributed by atoms with Crippen molar-refractivity contribution in [2.24, 2.45) is 0 Å². The second-order valence-corrected chi connectivity index (χ2v) is 3.67. The molecule has 2 unspecified atom stereocenters. The minimum atomic E-state index is -1.27. The highest BCUT2D eigenvalue weighted by Crippen LogP contribution is 2.21. The van der Waals surface area contributed by atoms with Crippen LogP contribution in [0.15, 0.2) is 0 Å². The van der Waals surface area contributed by atoms with Crippen LogP contribution in [0.2, 0.25) is 0 Å². The molecule has 1 aliphatic heterocycles. The zero-order valence-corrected chi connectivity index (χ0v) is 9.16. The summed E-state index contributed by atoms with van der Waals surface area (Å²) in [6.45, 7) is 0.842. The Hall–Kier alpha value is -0.730. The van der Waals surface area contributed by atoms with E-state index in [1.807, 2.05) is 0 Å². The number of aliphatic hydroxyl groups excluding tert-OH is 3. The molecule has 94 valence electrons. The summed E-state index contributed by atoms with van der Waals surface area (Å²) >= 11 is 0. The topological polar surface area (TPSA) is 108 Å². The molecule has 4 N–H and O–H groups in total. The van der Waals surface area contributed by atoms with Crippen LogP contribution in [-0.2, 0) is 14.3 Å². The van der Waals surface area contributed by atoms with Crippen molar-refractivity contribution in [1.29, 1.82) is 0 Å². The predicted molar refractivity (Wildman–Crippen MR) is 52.4 cm³/mol. The molecule has 7 nitrogen and oxygen atoms in total. The molecule has 5 atom stereocenters. The number of carbonyl (C=O) groups is 1. The van der Waals surface area contributed by atoms with Crippen molar-refractivity contribution < 1.29 is 29.6 Å². The smallest absolute Gasteiger partial charge is 0.217 e. The highest BCUT2D eigenvalue weighted by atomic mass is 16.7. The molecule has 0 aromatic rings. The molecule has 1 heterocycles. The largest absolute Gasteiger partial charge is 0.394 e. The van der Waals surface area contributed by atoms with Gasteiger partial charge in [-0.25, -0.2) is 0 Å². The summed E-state index contributed by atoms with van der Waals surface area (Å²) in [7, 11) is 1.35. The number of rotatable bonds is 3. The van der Waals surface area contributed by atoms with Crippen molar-refractivity contribution in [2.75, 3.05) is 13.7 Å². The zero-order chi connectivity index (χ0) is 12.3. The maximum Gasteiger partial charge on any atom is 0.217 e. The lowest BCUT2D eigenvalue weighted by atomic mass is 9.97. The molecule has 0 aliphatic carbocycles. The zero-order valence-electron chi connectivity index (χ0n) is 9.16. The van der Waals surface area contributed by atoms with Crippen LogP contribution in [0.4, 0.5) is 0 Å². The number of ether oxygens (including phenoxy) is 2. The van der Waals surface area contributed by atoms with Crippen LogP contribution in [0.25, 0.3) is 0 Å². The van der Waals surface area contributed by atoms with Crippen molar-refractivity contribution in [3.05, 3.63) is 0 Å². The number of amides is 1. The maximum absolute atomic E-state index is 10.9. The fraction of sp³-hybridized carbons (Fsp3) is 0.889. The third-order valence-electron chi connectivity index (χ3n) is 2.48. The van der Waals surface area contributed by atoms with E-state index in [1.54, 1.807) is 0 Å². The van der Waals surface area contributed by atoms with Crippen LogP contribution in [0, 0.1) is 0 Å². The molecular formula is C9H17NO6. The summed E-state index contributed by atoms with van der Waals surface area (Å²) in [6.07, 6.45) is -4.35. The summed E-state index contributed by atoms with van der Waals surface area (Å²) in [5.41, 5.74) is 0. The van der Waals surface area contributed by atoms with Gasteiger partial charge in [-0.15, -0.1) is 0 Å². The molecule has 0 aromatic carbocycles. The summed E-state index contributed by atoms with van der Waals surface area (Å²) in [5.74, 6) is -0.371. The van der Waals surface area contributed by atoms with Gasteiger partial charge in [-0.1, -0.05) is 0 Å². The Morgan fingerprint density at radius 1 is 1.44 bits per heavy atom. The van der Waals surface area contributed by atoms with Crippen LogP contribution in [0.3, 0.4) is 0 Å². The molecule has 1 fully saturated rings. The van der Waals surface area contributed by atoms with Crippen LogP contribution in [-0.4, -0.2) is 65.6 Å². The molecule has 1 saturated heterocycles. The number of aliphatic hydroxyl groups is 3. The van der Waals surface area contributed by atoms with Gasteiger partial charge in [0.25, 0.3) is 0 Å². The lowest BCUT2D eigenvalue weighted by molar-refractivity contribution is -0.262. The molecule has 0 saturated carbocycles. The van der Waals surface area contributed by atoms with Crippen molar-refractivity contribution in [2.45, 2.75) is 37.6 Å². The van der Waals surface area contributed by atoms with E-state index < -0.39 is 37.3 Å². The second-order valence-electron chi connectivity index (χ2n) is 3.67. The average molecular weight is 235 g/mol. The van der Waals surface area contributed by atoms with E-state index in [4.69, 9.17) is 14.6 Å². The molecule has 0 spiro atoms. The van der Waals surface area contributed by atoms with Crippen molar-refractivity contribution >= 4 is 5.91 Å². The quantitative estimate of drug-likeness (QED) is 0.433. The first kappa shape index (κ1) is 13.3. The summed E-state index contributed by atoms with van der Waals surface area (Å²) < 4.78 is 10.1. The molecule has 1 rings (SSSR count). The number of hydrogen-bond donors (Lipinski definition) is 4. The van der Waals surface area contributed by atoms with Gasteiger partial charge in [0.05, 0.1) is 6.61 Å². The van der Waals surface area contributed by atoms with E-state index in [-0.39, 0.29) is 5.91 Å². The molecule has 1 amide bonds. The van der Waals surface area contributed by atoms with Gasteiger partial charge in [-0.05, 0) is 0 Å². The molecule has 16 heavy (non-hydrogen) atoms. The molecule has 0 bridgehead atoms. The van der Waals surface area contributed by atoms with E-state index >= 15 is 0 Å². The molecule has 7 heteroatoms. The number of carbonyl (C=O) groups excluding carboxylic acids is 1. The second kappa shape index (κ2) is 5.55. The Morgan fingerprint density at radius 3 is 2.50 bits per heavy atom. The van der Waals surface area contributed by atoms with Crippen LogP contribution >= 0.6 is 0 Å². The van der Waals surface area contributed by atoms with Crippen molar-refractivity contribution in [3.8, 4) is 0 Å². The van der Waals surface area contributed by atoms with Crippen LogP contribution < -0.4 is 5.32 Å². The van der Waals surface area contributed by atoms with Gasteiger partial charge >= 0.3 is 0 Å². The van der Waals surface area contributed by atoms with Crippen molar-refractivity contribution in [3.63, 3.8) is 0 Å². The third-order valence-corrected chi connectivity index (χ3v) is 2.48. The van der Waals surface area contributed by atoms with Gasteiger partial charge in [0.1, 0.15) is 24.4 Å². The van der Waals surface area contributed by atoms with E-state index in [0.717, 1.165) is 0 Å². The van der Waals surface area contributed by atoms with E-state index in [0.29, 0.717) is 0 Å². The fourth-order valence-corrected chi connectivity index (χ4v) is 1.67. The number of methoxy groups -OCH3 is 1. The van der Waals surface area contributed by atoms with Gasteiger partial charge < -0.3 is 30.1 Å². The Kier molecular flexibility index (Phi) is 4.63. The van der Waals surface area contributed by atoms with Gasteiger partial charge in [0.2, 0.25) is 5.91 Å². The lowest BCUT2D eigenvalue weighted by Crippen LogP contribution is -2.64. The number of nitrogens with one attached hydrogen (secondary N) is 1. The van der Waals surface area contributed by atoms with E-state index in [2.05, 4.69) is 5.32 Å². The van der Waals surface area contributed by atoms with E-state index in [9.17, 15) is 15.0 Å². The minimum Gasteiger partial charge on any atom is -0.394 e. The Bertz CT molecular complexity index is 246. The Labute approximate surface area is 93.0 Å². The predicted octanol–water partition coefficient (Wildman–Crippen LogP) is -2.42. The molecule has 0 aromatic heterocycles. The highest BCUT2D eigenvalue weighted by Gasteiger charge is 2.44. The summed E-state index contributed by atoms with van der Waals surface area (Å²) in [5, 5.41) is 30.7. The molecule has 0 radical (unpaired) electrons. The van der Waals surface area contributed by atoms with Crippen molar-refractivity contribution in [1.82, 2.24) is 5.32 Å². The van der Waals surface area contributed by atoms with Crippen LogP contribution in [0.5, 0.6) is 0 Å². The Balaban J connectivity index is 2.77. The monoisotopic (exact) mass is 235 g/mol. The SMILES string of the molecule is CO[C@@H]1OC(CO)[C@@H](O)C(O)[C@H]1NC(C)=O. The highest BCUT2D eigenvalue weighted by molar-refractivity contribution is 5.73. The normalized spacial score (nSPS) is 39.4. The first-order valence-electron chi connectivity index (χ1n) is 4.93. The third kappa shape index (κ3) is 2.69. The average Bonchev–Trinajstić information content (AvgIpc) is 2.25. The van der Waals surface area contributed by atoms with Gasteiger partial charge in [0.15, 0.2) is 6.29 Å². The van der Waals surface area contributed by atoms with Gasteiger partial charge in [-0.2, -0.15) is 0 Å². The first-order valence-corrected chi connectivity index (χ1v) is 4.93. The summed E-state index contributed by atoms with van der Waals surface area (Å²) in [4.78, 5) is 10.9. The molecule has 1 aliphatic rings. The van der Waals surface area contributed by atoms with Gasteiger partial charge in [-0.3, -0.25) is 4.79 Å². The standard InChI is InChI=1S/C9H17NO6/c1-4(12)10-6-8(14)7(13)5(3-11)16-9(6)15-2/h5-9,11,13-14H,3H2,1-2H3,(H,10,12)/t5?,6-,7-,8?,9-/m1/s1. The minimum absolute atomic E-state index is 0.371. The fourth-order valence-electron chi connectivity index (χ4n) is 1.67. The van der Waals surface area contributed by atoms with E-state index in [1.165, 1.54) is 14.0 Å². The van der Waals surface area contributed by atoms with Gasteiger partial charge in [0, 0.05) is 14.0 Å². The maximum atomic E-state index is 10.9. The summed E-state index contributed by atoms with van der Waals surface area (Å²) in [6, 6.07) is -0.861. The van der Waals surface area contributed by atoms with Crippen LogP contribution in [0.1, 0.15) is 6.92 Å².